The van der Waals surface area contributed by atoms with Gasteiger partial charge >= 0.3 is 0 Å². The number of rotatable bonds is 4. The molecule has 1 aromatic heterocycles. The van der Waals surface area contributed by atoms with Crippen LogP contribution in [0.5, 0.6) is 0 Å². The van der Waals surface area contributed by atoms with Gasteiger partial charge in [-0.2, -0.15) is 0 Å². The van der Waals surface area contributed by atoms with Gasteiger partial charge in [0.2, 0.25) is 0 Å². The van der Waals surface area contributed by atoms with Gasteiger partial charge in [0.15, 0.2) is 0 Å². The lowest BCUT2D eigenvalue weighted by Gasteiger charge is -2.29. The smallest absolute Gasteiger partial charge is 0.261 e. The van der Waals surface area contributed by atoms with Crippen molar-refractivity contribution in [1.82, 2.24) is 9.55 Å². The maximum absolute atomic E-state index is 13.3. The lowest BCUT2D eigenvalue weighted by atomic mass is 9.92. The molecule has 28 heavy (non-hydrogen) atoms. The number of aromatic nitrogens is 2. The van der Waals surface area contributed by atoms with E-state index in [4.69, 9.17) is 0 Å². The van der Waals surface area contributed by atoms with Crippen LogP contribution in [0.25, 0.3) is 21.7 Å². The maximum Gasteiger partial charge on any atom is 0.261 e. The molecule has 5 nitrogen and oxygen atoms in total. The first-order valence-corrected chi connectivity index (χ1v) is 9.79. The summed E-state index contributed by atoms with van der Waals surface area (Å²) in [4.78, 5) is 22.0. The molecule has 1 saturated carbocycles. The molecule has 0 spiro atoms. The summed E-state index contributed by atoms with van der Waals surface area (Å²) in [5, 5.41) is 13.0. The minimum Gasteiger partial charge on any atom is -0.391 e. The third-order valence-electron chi connectivity index (χ3n) is 5.66. The first-order valence-electron chi connectivity index (χ1n) is 9.79. The summed E-state index contributed by atoms with van der Waals surface area (Å²) in [6.45, 7) is 4.07. The summed E-state index contributed by atoms with van der Waals surface area (Å²) in [7, 11) is 1.72. The summed E-state index contributed by atoms with van der Waals surface area (Å²) in [5.74, 6) is 0. The molecule has 5 heteroatoms. The fourth-order valence-electron chi connectivity index (χ4n) is 4.32. The van der Waals surface area contributed by atoms with Crippen LogP contribution in [0.15, 0.2) is 58.6 Å². The van der Waals surface area contributed by atoms with E-state index in [1.165, 1.54) is 0 Å². The van der Waals surface area contributed by atoms with E-state index in [9.17, 15) is 9.90 Å². The Hall–Kier alpha value is -2.79. The second-order valence-corrected chi connectivity index (χ2v) is 7.58. The minimum absolute atomic E-state index is 0.0854. The predicted octanol–water partition coefficient (Wildman–Crippen LogP) is 3.83. The van der Waals surface area contributed by atoms with Gasteiger partial charge in [0.25, 0.3) is 5.56 Å². The number of nitrogens with zero attached hydrogens (tertiary/aromatic N) is 3. The quantitative estimate of drug-likeness (QED) is 0.557. The first kappa shape index (κ1) is 18.6. The monoisotopic (exact) mass is 375 g/mol. The third-order valence-corrected chi connectivity index (χ3v) is 5.66. The van der Waals surface area contributed by atoms with Gasteiger partial charge in [0.1, 0.15) is 0 Å². The zero-order valence-corrected chi connectivity index (χ0v) is 16.1. The van der Waals surface area contributed by atoms with E-state index >= 15 is 0 Å². The Kier molecular flexibility index (Phi) is 5.09. The number of allylic oxidation sites excluding steroid dienone is 1. The van der Waals surface area contributed by atoms with Crippen LogP contribution in [-0.2, 0) is 6.42 Å². The van der Waals surface area contributed by atoms with E-state index in [0.29, 0.717) is 17.3 Å². The van der Waals surface area contributed by atoms with Gasteiger partial charge in [0.05, 0.1) is 29.4 Å². The van der Waals surface area contributed by atoms with Crippen LogP contribution in [-0.4, -0.2) is 34.0 Å². The van der Waals surface area contributed by atoms with Gasteiger partial charge in [0, 0.05) is 18.6 Å². The molecule has 0 amide bonds. The van der Waals surface area contributed by atoms with Gasteiger partial charge in [-0.05, 0) is 41.9 Å². The highest BCUT2D eigenvalue weighted by Gasteiger charge is 2.26. The van der Waals surface area contributed by atoms with E-state index < -0.39 is 6.10 Å². The summed E-state index contributed by atoms with van der Waals surface area (Å²) in [6.07, 6.45) is 7.04. The molecular formula is C23H25N3O2. The van der Waals surface area contributed by atoms with E-state index in [1.54, 1.807) is 24.2 Å². The Bertz CT molecular complexity index is 1130. The van der Waals surface area contributed by atoms with Crippen molar-refractivity contribution in [3.63, 3.8) is 0 Å². The van der Waals surface area contributed by atoms with Crippen molar-refractivity contribution in [2.45, 2.75) is 44.2 Å². The van der Waals surface area contributed by atoms with Crippen LogP contribution in [0.4, 0.5) is 0 Å². The Balaban J connectivity index is 1.93. The van der Waals surface area contributed by atoms with Crippen LogP contribution < -0.4 is 5.56 Å². The van der Waals surface area contributed by atoms with Crippen molar-refractivity contribution in [1.29, 1.82) is 0 Å². The molecule has 2 atom stereocenters. The highest BCUT2D eigenvalue weighted by Crippen LogP contribution is 2.30. The van der Waals surface area contributed by atoms with Crippen molar-refractivity contribution in [3.8, 4) is 0 Å². The van der Waals surface area contributed by atoms with Crippen LogP contribution in [0.3, 0.4) is 0 Å². The molecule has 1 N–H and O–H groups in total. The van der Waals surface area contributed by atoms with E-state index in [2.05, 4.69) is 22.6 Å². The SMILES string of the molecule is C=C(C=NC)Cc1cc2c(=O)n([C@H]3CCCC[C@@H]3O)cnc2c2ccccc12. The van der Waals surface area contributed by atoms with Gasteiger partial charge in [-0.25, -0.2) is 4.98 Å². The molecule has 2 aromatic carbocycles. The Morgan fingerprint density at radius 1 is 1.29 bits per heavy atom. The van der Waals surface area contributed by atoms with E-state index in [0.717, 1.165) is 47.6 Å². The Labute approximate surface area is 164 Å². The largest absolute Gasteiger partial charge is 0.391 e. The van der Waals surface area contributed by atoms with Crippen LogP contribution in [0.1, 0.15) is 37.3 Å². The molecule has 144 valence electrons. The standard InChI is InChI=1S/C23H25N3O2/c1-15(13-24-2)11-16-12-19-22(18-8-4-3-7-17(16)18)25-14-26(23(19)28)20-9-5-6-10-21(20)27/h3-4,7-8,12-14,20-21,27H,1,5-6,9-11H2,2H3/t20-,21-/m0/s1. The van der Waals surface area contributed by atoms with Gasteiger partial charge in [-0.1, -0.05) is 43.7 Å². The van der Waals surface area contributed by atoms with Crippen molar-refractivity contribution < 1.29 is 5.11 Å². The molecule has 0 bridgehead atoms. The summed E-state index contributed by atoms with van der Waals surface area (Å²) in [5.41, 5.74) is 2.55. The predicted molar refractivity (Wildman–Crippen MR) is 114 cm³/mol. The van der Waals surface area contributed by atoms with E-state index in [-0.39, 0.29) is 11.6 Å². The van der Waals surface area contributed by atoms with Gasteiger partial charge < -0.3 is 5.11 Å². The lowest BCUT2D eigenvalue weighted by Crippen LogP contribution is -2.34. The molecule has 3 aromatic rings. The van der Waals surface area contributed by atoms with Crippen LogP contribution in [0.2, 0.25) is 0 Å². The second kappa shape index (κ2) is 7.68. The molecule has 1 fully saturated rings. The van der Waals surface area contributed by atoms with E-state index in [1.807, 2.05) is 24.3 Å². The number of hydrogen-bond acceptors (Lipinski definition) is 4. The zero-order chi connectivity index (χ0) is 19.7. The molecule has 0 aliphatic heterocycles. The third kappa shape index (κ3) is 3.27. The number of hydrogen-bond donors (Lipinski definition) is 1. The summed E-state index contributed by atoms with van der Waals surface area (Å²) in [6, 6.07) is 9.76. The van der Waals surface area contributed by atoms with Crippen molar-refractivity contribution in [2.75, 3.05) is 7.05 Å². The molecular weight excluding hydrogens is 350 g/mol. The fourth-order valence-corrected chi connectivity index (χ4v) is 4.32. The Morgan fingerprint density at radius 2 is 2.04 bits per heavy atom. The van der Waals surface area contributed by atoms with Crippen LogP contribution in [0, 0.1) is 0 Å². The molecule has 1 aliphatic rings. The van der Waals surface area contributed by atoms with Crippen LogP contribution >= 0.6 is 0 Å². The zero-order valence-electron chi connectivity index (χ0n) is 16.1. The topological polar surface area (TPSA) is 67.5 Å². The number of benzene rings is 2. The van der Waals surface area contributed by atoms with Gasteiger partial charge in [-0.3, -0.25) is 14.4 Å². The normalized spacial score (nSPS) is 20.2. The first-order chi connectivity index (χ1) is 13.6. The van der Waals surface area contributed by atoms with Gasteiger partial charge in [-0.15, -0.1) is 0 Å². The number of aliphatic hydroxyl groups is 1. The average molecular weight is 375 g/mol. The van der Waals surface area contributed by atoms with Crippen molar-refractivity contribution in [2.24, 2.45) is 4.99 Å². The molecule has 0 saturated heterocycles. The van der Waals surface area contributed by atoms with Crippen molar-refractivity contribution in [3.05, 3.63) is 64.7 Å². The maximum atomic E-state index is 13.3. The molecule has 0 unspecified atom stereocenters. The molecule has 1 heterocycles. The van der Waals surface area contributed by atoms with Crippen molar-refractivity contribution >= 4 is 27.9 Å². The highest BCUT2D eigenvalue weighted by atomic mass is 16.3. The number of aliphatic hydroxyl groups excluding tert-OH is 1. The molecule has 4 rings (SSSR count). The lowest BCUT2D eigenvalue weighted by molar-refractivity contribution is 0.0735. The Morgan fingerprint density at radius 3 is 2.79 bits per heavy atom. The molecule has 1 aliphatic carbocycles. The summed E-state index contributed by atoms with van der Waals surface area (Å²) >= 11 is 0. The number of aliphatic imine (C=N–C) groups is 1. The number of fused-ring (bicyclic) bond motifs is 3. The fraction of sp³-hybridized carbons (Fsp3) is 0.348. The molecule has 0 radical (unpaired) electrons. The minimum atomic E-state index is -0.494. The second-order valence-electron chi connectivity index (χ2n) is 7.58. The average Bonchev–Trinajstić information content (AvgIpc) is 2.70. The summed E-state index contributed by atoms with van der Waals surface area (Å²) < 4.78 is 1.63. The highest BCUT2D eigenvalue weighted by molar-refractivity contribution is 6.06.